The number of benzene rings is 1. The summed E-state index contributed by atoms with van der Waals surface area (Å²) in [5.74, 6) is -0.484. The van der Waals surface area contributed by atoms with Crippen molar-refractivity contribution in [2.45, 2.75) is 33.9 Å². The third-order valence-electron chi connectivity index (χ3n) is 3.53. The maximum absolute atomic E-state index is 12.7. The number of hydrogen-bond donors (Lipinski definition) is 2. The standard InChI is InChI=1S/C16H12F3N3O.2C2H6/c17-16(18,19)9-1-2-11(14(23)7-9)15-10-3-5-21-8-12(10)13(20)4-6-22-15;2*1-2/h1-5,7-8,23H,6,20H2;2*1-2H3. The van der Waals surface area contributed by atoms with Crippen molar-refractivity contribution in [3.63, 3.8) is 0 Å². The molecule has 0 bridgehead atoms. The monoisotopic (exact) mass is 379 g/mol. The number of aromatic hydroxyl groups is 1. The van der Waals surface area contributed by atoms with Gasteiger partial charge in [-0.1, -0.05) is 27.7 Å². The van der Waals surface area contributed by atoms with Crippen molar-refractivity contribution < 1.29 is 18.3 Å². The molecule has 146 valence electrons. The Bertz CT molecular complexity index is 827. The lowest BCUT2D eigenvalue weighted by atomic mass is 9.96. The van der Waals surface area contributed by atoms with Gasteiger partial charge in [0.25, 0.3) is 0 Å². The van der Waals surface area contributed by atoms with Gasteiger partial charge in [-0.25, -0.2) is 0 Å². The molecule has 0 unspecified atom stereocenters. The van der Waals surface area contributed by atoms with Gasteiger partial charge in [0.15, 0.2) is 0 Å². The molecule has 0 saturated carbocycles. The van der Waals surface area contributed by atoms with E-state index in [-0.39, 0.29) is 12.1 Å². The molecule has 1 aliphatic heterocycles. The molecule has 2 aromatic rings. The summed E-state index contributed by atoms with van der Waals surface area (Å²) in [4.78, 5) is 8.33. The van der Waals surface area contributed by atoms with Gasteiger partial charge in [-0.05, 0) is 30.3 Å². The number of nitrogens with zero attached hydrogens (tertiary/aromatic N) is 2. The minimum Gasteiger partial charge on any atom is -0.507 e. The number of pyridine rings is 1. The van der Waals surface area contributed by atoms with Crippen molar-refractivity contribution in [3.8, 4) is 5.75 Å². The number of fused-ring (bicyclic) bond motifs is 1. The van der Waals surface area contributed by atoms with Crippen LogP contribution in [0.3, 0.4) is 0 Å². The van der Waals surface area contributed by atoms with Gasteiger partial charge < -0.3 is 10.8 Å². The van der Waals surface area contributed by atoms with Crippen molar-refractivity contribution in [1.82, 2.24) is 4.98 Å². The maximum atomic E-state index is 12.7. The Labute approximate surface area is 157 Å². The Hall–Kier alpha value is -2.83. The first-order valence-corrected chi connectivity index (χ1v) is 8.73. The van der Waals surface area contributed by atoms with Crippen LogP contribution in [0.25, 0.3) is 5.70 Å². The Morgan fingerprint density at radius 3 is 2.26 bits per heavy atom. The van der Waals surface area contributed by atoms with Gasteiger partial charge in [0, 0.05) is 34.8 Å². The fraction of sp³-hybridized carbons (Fsp3) is 0.300. The van der Waals surface area contributed by atoms with Crippen molar-refractivity contribution in [2.24, 2.45) is 10.7 Å². The second-order valence-electron chi connectivity index (χ2n) is 5.00. The van der Waals surface area contributed by atoms with Crippen LogP contribution in [0.2, 0.25) is 0 Å². The van der Waals surface area contributed by atoms with E-state index in [1.165, 1.54) is 12.3 Å². The molecule has 0 spiro atoms. The molecule has 1 aromatic carbocycles. The quantitative estimate of drug-likeness (QED) is 0.732. The smallest absolute Gasteiger partial charge is 0.416 e. The Morgan fingerprint density at radius 2 is 1.67 bits per heavy atom. The highest BCUT2D eigenvalue weighted by molar-refractivity contribution is 6.16. The summed E-state index contributed by atoms with van der Waals surface area (Å²) in [6, 6.07) is 4.49. The van der Waals surface area contributed by atoms with Crippen LogP contribution in [-0.4, -0.2) is 22.3 Å². The molecule has 0 fully saturated rings. The highest BCUT2D eigenvalue weighted by Crippen LogP contribution is 2.34. The van der Waals surface area contributed by atoms with Crippen LogP contribution in [-0.2, 0) is 6.18 Å². The van der Waals surface area contributed by atoms with Gasteiger partial charge in [0.2, 0.25) is 0 Å². The summed E-state index contributed by atoms with van der Waals surface area (Å²) < 4.78 is 38.2. The Balaban J connectivity index is 0.000000855. The van der Waals surface area contributed by atoms with Gasteiger partial charge in [-0.2, -0.15) is 13.2 Å². The number of nitrogens with two attached hydrogens (primary N) is 1. The zero-order valence-corrected chi connectivity index (χ0v) is 15.8. The fourth-order valence-electron chi connectivity index (χ4n) is 2.40. The number of halogens is 3. The van der Waals surface area contributed by atoms with Crippen LogP contribution in [0.5, 0.6) is 5.75 Å². The third kappa shape index (κ3) is 5.09. The first kappa shape index (κ1) is 22.2. The Kier molecular flexibility index (Phi) is 8.02. The molecule has 27 heavy (non-hydrogen) atoms. The van der Waals surface area contributed by atoms with E-state index in [9.17, 15) is 18.3 Å². The summed E-state index contributed by atoms with van der Waals surface area (Å²) in [5.41, 5.74) is 7.35. The van der Waals surface area contributed by atoms with E-state index in [4.69, 9.17) is 5.73 Å². The molecule has 1 aliphatic rings. The highest BCUT2D eigenvalue weighted by Gasteiger charge is 2.31. The summed E-state index contributed by atoms with van der Waals surface area (Å²) in [6.45, 7) is 8.26. The number of alkyl halides is 3. The molecule has 3 rings (SSSR count). The molecule has 0 aliphatic carbocycles. The van der Waals surface area contributed by atoms with Crippen molar-refractivity contribution in [1.29, 1.82) is 0 Å². The molecule has 2 heterocycles. The molecule has 1 aromatic heterocycles. The average Bonchev–Trinajstić information content (AvgIpc) is 2.84. The number of phenolic OH excluding ortho intramolecular Hbond substituents is 1. The third-order valence-corrected chi connectivity index (χ3v) is 3.53. The van der Waals surface area contributed by atoms with E-state index in [1.807, 2.05) is 27.7 Å². The fourth-order valence-corrected chi connectivity index (χ4v) is 2.40. The first-order valence-electron chi connectivity index (χ1n) is 8.73. The molecule has 7 heteroatoms. The molecule has 0 radical (unpaired) electrons. The largest absolute Gasteiger partial charge is 0.507 e. The lowest BCUT2D eigenvalue weighted by Crippen LogP contribution is -2.10. The van der Waals surface area contributed by atoms with Crippen LogP contribution in [0, 0.1) is 0 Å². The van der Waals surface area contributed by atoms with Crippen LogP contribution >= 0.6 is 0 Å². The lowest BCUT2D eigenvalue weighted by Gasteiger charge is -2.13. The molecule has 0 amide bonds. The number of aromatic nitrogens is 1. The van der Waals surface area contributed by atoms with Gasteiger partial charge >= 0.3 is 6.18 Å². The molecule has 4 nitrogen and oxygen atoms in total. The molecular weight excluding hydrogens is 355 g/mol. The Morgan fingerprint density at radius 1 is 1.00 bits per heavy atom. The number of hydrogen-bond acceptors (Lipinski definition) is 4. The summed E-state index contributed by atoms with van der Waals surface area (Å²) in [5, 5.41) is 10.0. The van der Waals surface area contributed by atoms with E-state index >= 15 is 0 Å². The predicted octanol–water partition coefficient (Wildman–Crippen LogP) is 5.01. The second kappa shape index (κ2) is 9.75. The van der Waals surface area contributed by atoms with Crippen molar-refractivity contribution in [2.75, 3.05) is 6.54 Å². The normalized spacial score (nSPS) is 12.9. The number of rotatable bonds is 1. The topological polar surface area (TPSA) is 71.5 Å². The van der Waals surface area contributed by atoms with Crippen LogP contribution in [0.15, 0.2) is 47.7 Å². The minimum absolute atomic E-state index is 0.216. The van der Waals surface area contributed by atoms with E-state index < -0.39 is 17.5 Å². The van der Waals surface area contributed by atoms with E-state index in [0.29, 0.717) is 28.6 Å². The van der Waals surface area contributed by atoms with E-state index in [1.54, 1.807) is 18.3 Å². The minimum atomic E-state index is -4.52. The van der Waals surface area contributed by atoms with Crippen molar-refractivity contribution >= 4 is 11.4 Å². The van der Waals surface area contributed by atoms with E-state index in [0.717, 1.165) is 6.07 Å². The van der Waals surface area contributed by atoms with Gasteiger partial charge in [0.1, 0.15) is 5.75 Å². The molecule has 0 saturated heterocycles. The van der Waals surface area contributed by atoms with Crippen molar-refractivity contribution in [3.05, 3.63) is 65.0 Å². The average molecular weight is 379 g/mol. The summed E-state index contributed by atoms with van der Waals surface area (Å²) >= 11 is 0. The van der Waals surface area contributed by atoms with Crippen LogP contribution in [0.1, 0.15) is 49.9 Å². The number of phenols is 1. The first-order chi connectivity index (χ1) is 12.9. The SMILES string of the molecule is CC.CC.NC1=CCN=C(c2ccc(C(F)(F)F)cc2O)c2ccncc21. The van der Waals surface area contributed by atoms with E-state index in [2.05, 4.69) is 9.98 Å². The zero-order chi connectivity index (χ0) is 20.6. The molecule has 0 atom stereocenters. The zero-order valence-electron chi connectivity index (χ0n) is 15.8. The van der Waals surface area contributed by atoms with Gasteiger partial charge in [-0.15, -0.1) is 0 Å². The lowest BCUT2D eigenvalue weighted by molar-refractivity contribution is -0.137. The number of aliphatic imine (C=N–C) groups is 1. The summed E-state index contributed by atoms with van der Waals surface area (Å²) in [7, 11) is 0. The molecule has 3 N–H and O–H groups in total. The van der Waals surface area contributed by atoms with Gasteiger partial charge in [-0.3, -0.25) is 9.98 Å². The second-order valence-corrected chi connectivity index (χ2v) is 5.00. The van der Waals surface area contributed by atoms with Gasteiger partial charge in [0.05, 0.1) is 17.8 Å². The maximum Gasteiger partial charge on any atom is 0.416 e. The van der Waals surface area contributed by atoms with Crippen LogP contribution < -0.4 is 5.73 Å². The predicted molar refractivity (Wildman–Crippen MR) is 103 cm³/mol. The highest BCUT2D eigenvalue weighted by atomic mass is 19.4. The van der Waals surface area contributed by atoms with Crippen LogP contribution in [0.4, 0.5) is 13.2 Å². The molecular formula is C20H24F3N3O. The summed E-state index contributed by atoms with van der Waals surface area (Å²) in [6.07, 6.45) is 0.265.